The lowest BCUT2D eigenvalue weighted by molar-refractivity contribution is -0.159. The third-order valence-electron chi connectivity index (χ3n) is 4.55. The number of hydrogen-bond donors (Lipinski definition) is 1. The fraction of sp³-hybridized carbons (Fsp3) is 0.625. The number of esters is 1. The Morgan fingerprint density at radius 2 is 1.39 bits per heavy atom. The maximum absolute atomic E-state index is 13.1. The van der Waals surface area contributed by atoms with E-state index in [-0.39, 0.29) is 6.04 Å². The minimum absolute atomic E-state index is 0.155. The van der Waals surface area contributed by atoms with E-state index in [1.54, 1.807) is 41.5 Å². The normalized spacial score (nSPS) is 14.6. The van der Waals surface area contributed by atoms with Gasteiger partial charge >= 0.3 is 18.2 Å². The summed E-state index contributed by atoms with van der Waals surface area (Å²) in [6.45, 7) is 13.5. The first-order valence-electron chi connectivity index (χ1n) is 11.0. The third-order valence-corrected chi connectivity index (χ3v) is 4.55. The minimum Gasteiger partial charge on any atom is -0.454 e. The van der Waals surface area contributed by atoms with E-state index < -0.39 is 41.5 Å². The molecule has 2 amide bonds. The topological polar surface area (TPSA) is 97.4 Å². The molecule has 186 valence electrons. The van der Waals surface area contributed by atoms with Gasteiger partial charge in [0.15, 0.2) is 6.04 Å². The van der Waals surface area contributed by atoms with Crippen LogP contribution < -0.4 is 5.43 Å². The van der Waals surface area contributed by atoms with Crippen LogP contribution in [0.4, 0.5) is 9.59 Å². The predicted octanol–water partition coefficient (Wildman–Crippen LogP) is 4.29. The van der Waals surface area contributed by atoms with Gasteiger partial charge in [-0.05, 0) is 75.0 Å². The van der Waals surface area contributed by atoms with Crippen LogP contribution in [-0.2, 0) is 19.0 Å². The molecule has 33 heavy (non-hydrogen) atoms. The summed E-state index contributed by atoms with van der Waals surface area (Å²) in [5, 5.41) is 0.796. The molecule has 1 N–H and O–H groups in total. The average molecular weight is 466 g/mol. The Morgan fingerprint density at radius 1 is 0.879 bits per heavy atom. The van der Waals surface area contributed by atoms with Crippen molar-refractivity contribution < 1.29 is 28.6 Å². The van der Waals surface area contributed by atoms with Gasteiger partial charge < -0.3 is 19.1 Å². The lowest BCUT2D eigenvalue weighted by Gasteiger charge is -2.34. The van der Waals surface area contributed by atoms with E-state index in [1.165, 1.54) is 6.92 Å². The summed E-state index contributed by atoms with van der Waals surface area (Å²) in [6, 6.07) is 7.99. The number of likely N-dealkylation sites (N-methyl/N-ethyl adjacent to an activating group) is 1. The molecule has 0 radical (unpaired) electrons. The first-order valence-corrected chi connectivity index (χ1v) is 11.0. The Kier molecular flexibility index (Phi) is 9.71. The molecule has 0 spiro atoms. The number of hydrogen-bond acceptors (Lipinski definition) is 7. The van der Waals surface area contributed by atoms with Crippen LogP contribution in [-0.4, -0.2) is 65.4 Å². The monoisotopic (exact) mass is 465 g/mol. The highest BCUT2D eigenvalue weighted by atomic mass is 16.6. The average Bonchev–Trinajstić information content (AvgIpc) is 2.66. The summed E-state index contributed by atoms with van der Waals surface area (Å²) in [4.78, 5) is 40.3. The molecule has 0 aromatic heterocycles. The van der Waals surface area contributed by atoms with Crippen molar-refractivity contribution in [3.05, 3.63) is 35.9 Å². The van der Waals surface area contributed by atoms with Gasteiger partial charge in [-0.1, -0.05) is 30.3 Å². The first kappa shape index (κ1) is 28.2. The molecule has 0 saturated carbocycles. The van der Waals surface area contributed by atoms with E-state index in [4.69, 9.17) is 14.2 Å². The molecular weight excluding hydrogens is 426 g/mol. The molecule has 0 aliphatic carbocycles. The van der Waals surface area contributed by atoms with Gasteiger partial charge in [0, 0.05) is 6.04 Å². The molecule has 0 bridgehead atoms. The van der Waals surface area contributed by atoms with Crippen LogP contribution in [0.3, 0.4) is 0 Å². The van der Waals surface area contributed by atoms with E-state index in [0.29, 0.717) is 0 Å². The zero-order chi connectivity index (χ0) is 25.6. The maximum atomic E-state index is 13.1. The van der Waals surface area contributed by atoms with Gasteiger partial charge in [-0.3, -0.25) is 0 Å². The molecule has 1 aromatic carbocycles. The quantitative estimate of drug-likeness (QED) is 0.380. The summed E-state index contributed by atoms with van der Waals surface area (Å²) in [7, 11) is 3.77. The Labute approximate surface area is 197 Å². The van der Waals surface area contributed by atoms with Crippen LogP contribution in [0.5, 0.6) is 0 Å². The summed E-state index contributed by atoms with van der Waals surface area (Å²) >= 11 is 0. The molecule has 9 nitrogen and oxygen atoms in total. The molecule has 0 aliphatic rings. The number of benzene rings is 1. The fourth-order valence-electron chi connectivity index (χ4n) is 2.70. The van der Waals surface area contributed by atoms with Crippen molar-refractivity contribution in [2.24, 2.45) is 0 Å². The first-order chi connectivity index (χ1) is 15.0. The van der Waals surface area contributed by atoms with E-state index in [2.05, 4.69) is 5.43 Å². The number of rotatable bonds is 6. The minimum atomic E-state index is -1.19. The van der Waals surface area contributed by atoms with Crippen molar-refractivity contribution in [3.8, 4) is 0 Å². The molecule has 9 heteroatoms. The van der Waals surface area contributed by atoms with Crippen LogP contribution >= 0.6 is 0 Å². The van der Waals surface area contributed by atoms with Crippen LogP contribution in [0.1, 0.15) is 67.1 Å². The van der Waals surface area contributed by atoms with Crippen LogP contribution in [0.25, 0.3) is 0 Å². The smallest absolute Gasteiger partial charge is 0.430 e. The van der Waals surface area contributed by atoms with Gasteiger partial charge in [0.2, 0.25) is 0 Å². The number of nitrogens with zero attached hydrogens (tertiary/aromatic N) is 2. The van der Waals surface area contributed by atoms with Crippen molar-refractivity contribution in [1.82, 2.24) is 15.3 Å². The Morgan fingerprint density at radius 3 is 1.85 bits per heavy atom. The lowest BCUT2D eigenvalue weighted by atomic mass is 10.0. The van der Waals surface area contributed by atoms with Crippen molar-refractivity contribution in [2.45, 2.75) is 84.8 Å². The molecular formula is C24H39N3O6. The fourth-order valence-corrected chi connectivity index (χ4v) is 2.70. The summed E-state index contributed by atoms with van der Waals surface area (Å²) in [6.07, 6.45) is -2.40. The van der Waals surface area contributed by atoms with Crippen molar-refractivity contribution in [2.75, 3.05) is 14.1 Å². The number of ether oxygens (including phenoxy) is 3. The molecule has 0 aliphatic heterocycles. The van der Waals surface area contributed by atoms with Gasteiger partial charge in [0.05, 0.1) is 0 Å². The Balaban J connectivity index is 3.16. The summed E-state index contributed by atoms with van der Waals surface area (Å²) < 4.78 is 16.5. The van der Waals surface area contributed by atoms with Gasteiger partial charge in [0.25, 0.3) is 0 Å². The zero-order valence-corrected chi connectivity index (χ0v) is 21.5. The summed E-state index contributed by atoms with van der Waals surface area (Å²) in [5.41, 5.74) is 1.49. The number of nitrogens with one attached hydrogen (secondary N) is 1. The van der Waals surface area contributed by atoms with Gasteiger partial charge in [-0.15, -0.1) is 0 Å². The largest absolute Gasteiger partial charge is 0.454 e. The van der Waals surface area contributed by atoms with Gasteiger partial charge in [-0.25, -0.2) is 24.8 Å². The Bertz CT molecular complexity index is 799. The van der Waals surface area contributed by atoms with E-state index in [9.17, 15) is 14.4 Å². The second-order valence-corrected chi connectivity index (χ2v) is 10.1. The molecule has 0 unspecified atom stereocenters. The number of carbonyl (C=O) groups excluding carboxylic acids is 3. The molecule has 0 fully saturated rings. The zero-order valence-electron chi connectivity index (χ0n) is 21.5. The molecule has 1 rings (SSSR count). The highest BCUT2D eigenvalue weighted by Crippen LogP contribution is 2.25. The third kappa shape index (κ3) is 9.69. The van der Waals surface area contributed by atoms with E-state index in [1.807, 2.05) is 56.3 Å². The molecule has 1 aromatic rings. The van der Waals surface area contributed by atoms with E-state index >= 15 is 0 Å². The lowest BCUT2D eigenvalue weighted by Crippen LogP contribution is -2.56. The van der Waals surface area contributed by atoms with Crippen LogP contribution in [0.2, 0.25) is 0 Å². The highest BCUT2D eigenvalue weighted by Gasteiger charge is 2.36. The summed E-state index contributed by atoms with van der Waals surface area (Å²) in [5.74, 6) is -0.709. The standard InChI is InChI=1S/C24H39N3O6/c1-16(26(9)10)19(18-14-12-11-13-15-18)31-20(28)17(2)27(22(30)33-24(6,7)8)25-21(29)32-23(3,4)5/h11-17,19H,1-10H3,(H,25,29)/t16-,17+,19-/m0/s1. The highest BCUT2D eigenvalue weighted by molar-refractivity contribution is 5.83. The molecule has 0 heterocycles. The molecule has 0 saturated heterocycles. The van der Waals surface area contributed by atoms with Crippen LogP contribution in [0, 0.1) is 0 Å². The number of hydrazine groups is 1. The maximum Gasteiger partial charge on any atom is 0.430 e. The second kappa shape index (κ2) is 11.4. The Hall–Kier alpha value is -2.81. The second-order valence-electron chi connectivity index (χ2n) is 10.1. The van der Waals surface area contributed by atoms with Crippen molar-refractivity contribution >= 4 is 18.2 Å². The number of carbonyl (C=O) groups is 3. The predicted molar refractivity (Wildman–Crippen MR) is 125 cm³/mol. The van der Waals surface area contributed by atoms with Crippen molar-refractivity contribution in [3.63, 3.8) is 0 Å². The van der Waals surface area contributed by atoms with E-state index in [0.717, 1.165) is 10.6 Å². The van der Waals surface area contributed by atoms with Gasteiger partial charge in [0.1, 0.15) is 17.3 Å². The molecule has 3 atom stereocenters. The number of amides is 2. The van der Waals surface area contributed by atoms with Crippen LogP contribution in [0.15, 0.2) is 30.3 Å². The SMILES string of the molecule is C[C@H](C(=O)O[C@H](c1ccccc1)[C@H](C)N(C)C)N(NC(=O)OC(C)(C)C)C(=O)OC(C)(C)C. The van der Waals surface area contributed by atoms with Gasteiger partial charge in [-0.2, -0.15) is 0 Å². The van der Waals surface area contributed by atoms with Crippen molar-refractivity contribution in [1.29, 1.82) is 0 Å².